The highest BCUT2D eigenvalue weighted by Gasteiger charge is 2.22. The maximum atomic E-state index is 13.4. The van der Waals surface area contributed by atoms with E-state index in [4.69, 9.17) is 9.47 Å². The van der Waals surface area contributed by atoms with E-state index in [9.17, 15) is 17.2 Å². The Bertz CT molecular complexity index is 811. The summed E-state index contributed by atoms with van der Waals surface area (Å²) in [5, 5.41) is 0. The van der Waals surface area contributed by atoms with Crippen molar-refractivity contribution in [3.8, 4) is 5.75 Å². The van der Waals surface area contributed by atoms with Crippen molar-refractivity contribution in [2.45, 2.75) is 11.0 Å². The second kappa shape index (κ2) is 7.69. The molecule has 5 nitrogen and oxygen atoms in total. The Morgan fingerprint density at radius 1 is 1.08 bits per heavy atom. The summed E-state index contributed by atoms with van der Waals surface area (Å²) in [4.78, 5) is -0.320. The van der Waals surface area contributed by atoms with Crippen LogP contribution in [0.2, 0.25) is 0 Å². The first-order valence-corrected chi connectivity index (χ1v) is 8.47. The lowest BCUT2D eigenvalue weighted by atomic mass is 10.1. The first-order chi connectivity index (χ1) is 11.4. The average Bonchev–Trinajstić information content (AvgIpc) is 2.55. The number of rotatable bonds is 7. The van der Waals surface area contributed by atoms with Crippen molar-refractivity contribution in [2.24, 2.45) is 0 Å². The van der Waals surface area contributed by atoms with Gasteiger partial charge in [0, 0.05) is 13.7 Å². The van der Waals surface area contributed by atoms with Gasteiger partial charge in [0.25, 0.3) is 0 Å². The standard InChI is InChI=1S/C16H17F2NO4S/c1-22-14-7-6-13(18)9-16(14)24(20,21)19-10-15(23-2)11-4-3-5-12(17)8-11/h3-9,15,19H,10H2,1-2H3. The number of methoxy groups -OCH3 is 2. The second-order valence-electron chi connectivity index (χ2n) is 4.93. The van der Waals surface area contributed by atoms with Crippen molar-refractivity contribution in [3.05, 3.63) is 59.7 Å². The molecule has 0 heterocycles. The number of sulfonamides is 1. The lowest BCUT2D eigenvalue weighted by Crippen LogP contribution is -2.29. The van der Waals surface area contributed by atoms with Crippen LogP contribution in [0.25, 0.3) is 0 Å². The molecule has 0 spiro atoms. The summed E-state index contributed by atoms with van der Waals surface area (Å²) in [6.07, 6.45) is -0.699. The van der Waals surface area contributed by atoms with E-state index in [1.165, 1.54) is 38.5 Å². The summed E-state index contributed by atoms with van der Waals surface area (Å²) in [5.41, 5.74) is 0.478. The van der Waals surface area contributed by atoms with Gasteiger partial charge in [0.15, 0.2) is 0 Å². The fourth-order valence-corrected chi connectivity index (χ4v) is 3.38. The van der Waals surface area contributed by atoms with Crippen LogP contribution in [0.5, 0.6) is 5.75 Å². The van der Waals surface area contributed by atoms with Gasteiger partial charge in [0.1, 0.15) is 22.3 Å². The van der Waals surface area contributed by atoms with Gasteiger partial charge in [0.05, 0.1) is 13.2 Å². The summed E-state index contributed by atoms with van der Waals surface area (Å²) < 4.78 is 63.9. The van der Waals surface area contributed by atoms with Crippen molar-refractivity contribution >= 4 is 10.0 Å². The zero-order valence-electron chi connectivity index (χ0n) is 13.1. The minimum Gasteiger partial charge on any atom is -0.495 e. The van der Waals surface area contributed by atoms with Gasteiger partial charge in [-0.15, -0.1) is 0 Å². The van der Waals surface area contributed by atoms with E-state index in [1.807, 2.05) is 0 Å². The van der Waals surface area contributed by atoms with Crippen molar-refractivity contribution in [2.75, 3.05) is 20.8 Å². The smallest absolute Gasteiger partial charge is 0.244 e. The number of hydrogen-bond donors (Lipinski definition) is 1. The maximum Gasteiger partial charge on any atom is 0.244 e. The van der Waals surface area contributed by atoms with Gasteiger partial charge in [-0.1, -0.05) is 12.1 Å². The molecule has 8 heteroatoms. The van der Waals surface area contributed by atoms with Crippen molar-refractivity contribution < 1.29 is 26.7 Å². The van der Waals surface area contributed by atoms with Crippen molar-refractivity contribution in [1.82, 2.24) is 4.72 Å². The van der Waals surface area contributed by atoms with Crippen LogP contribution in [0.3, 0.4) is 0 Å². The molecule has 1 unspecified atom stereocenters. The third kappa shape index (κ3) is 4.28. The zero-order chi connectivity index (χ0) is 17.7. The molecule has 1 N–H and O–H groups in total. The number of nitrogens with one attached hydrogen (secondary N) is 1. The summed E-state index contributed by atoms with van der Waals surface area (Å²) in [7, 11) is -1.37. The molecule has 0 amide bonds. The highest BCUT2D eigenvalue weighted by atomic mass is 32.2. The Morgan fingerprint density at radius 2 is 1.79 bits per heavy atom. The van der Waals surface area contributed by atoms with Crippen LogP contribution in [0.4, 0.5) is 8.78 Å². The zero-order valence-corrected chi connectivity index (χ0v) is 13.9. The molecule has 2 aromatic rings. The number of benzene rings is 2. The predicted molar refractivity (Wildman–Crippen MR) is 84.3 cm³/mol. The molecular formula is C16H17F2NO4S. The van der Waals surface area contributed by atoms with E-state index in [0.717, 1.165) is 12.1 Å². The quantitative estimate of drug-likeness (QED) is 0.827. The van der Waals surface area contributed by atoms with E-state index < -0.39 is 27.8 Å². The van der Waals surface area contributed by atoms with Crippen LogP contribution in [0.15, 0.2) is 47.4 Å². The number of ether oxygens (including phenoxy) is 2. The molecule has 0 aromatic heterocycles. The molecule has 24 heavy (non-hydrogen) atoms. The minimum absolute atomic E-state index is 0.0172. The van der Waals surface area contributed by atoms with E-state index in [2.05, 4.69) is 4.72 Å². The third-order valence-electron chi connectivity index (χ3n) is 3.38. The average molecular weight is 357 g/mol. The Hall–Kier alpha value is -2.03. The van der Waals surface area contributed by atoms with E-state index >= 15 is 0 Å². The number of hydrogen-bond acceptors (Lipinski definition) is 4. The van der Waals surface area contributed by atoms with Gasteiger partial charge in [-0.2, -0.15) is 0 Å². The largest absolute Gasteiger partial charge is 0.495 e. The van der Waals surface area contributed by atoms with Crippen LogP contribution in [-0.2, 0) is 14.8 Å². The van der Waals surface area contributed by atoms with E-state index in [1.54, 1.807) is 6.07 Å². The molecule has 0 fully saturated rings. The summed E-state index contributed by atoms with van der Waals surface area (Å²) >= 11 is 0. The summed E-state index contributed by atoms with van der Waals surface area (Å²) in [6.45, 7) is -0.151. The Kier molecular flexibility index (Phi) is 5.87. The molecule has 0 radical (unpaired) electrons. The molecule has 2 rings (SSSR count). The topological polar surface area (TPSA) is 64.6 Å². The predicted octanol–water partition coefficient (Wildman–Crippen LogP) is 2.64. The van der Waals surface area contributed by atoms with Gasteiger partial charge in [0.2, 0.25) is 10.0 Å². The highest BCUT2D eigenvalue weighted by molar-refractivity contribution is 7.89. The molecule has 130 valence electrons. The molecule has 1 atom stereocenters. The van der Waals surface area contributed by atoms with Crippen molar-refractivity contribution in [3.63, 3.8) is 0 Å². The van der Waals surface area contributed by atoms with Gasteiger partial charge < -0.3 is 9.47 Å². The highest BCUT2D eigenvalue weighted by Crippen LogP contribution is 2.25. The summed E-state index contributed by atoms with van der Waals surface area (Å²) in [6, 6.07) is 8.84. The fourth-order valence-electron chi connectivity index (χ4n) is 2.17. The van der Waals surface area contributed by atoms with Gasteiger partial charge in [-0.25, -0.2) is 21.9 Å². The van der Waals surface area contributed by atoms with Crippen LogP contribution >= 0.6 is 0 Å². The third-order valence-corrected chi connectivity index (χ3v) is 4.82. The Balaban J connectivity index is 2.21. The van der Waals surface area contributed by atoms with Gasteiger partial charge >= 0.3 is 0 Å². The molecule has 0 aliphatic rings. The summed E-state index contributed by atoms with van der Waals surface area (Å²) in [5.74, 6) is -1.14. The van der Waals surface area contributed by atoms with Crippen molar-refractivity contribution in [1.29, 1.82) is 0 Å². The molecule has 0 saturated carbocycles. The SMILES string of the molecule is COc1ccc(F)cc1S(=O)(=O)NCC(OC)c1cccc(F)c1. The Labute approximate surface area is 139 Å². The Morgan fingerprint density at radius 3 is 2.42 bits per heavy atom. The maximum absolute atomic E-state index is 13.4. The van der Waals surface area contributed by atoms with Crippen LogP contribution in [0.1, 0.15) is 11.7 Å². The normalized spacial score (nSPS) is 12.8. The molecule has 0 saturated heterocycles. The van der Waals surface area contributed by atoms with Crippen LogP contribution in [0, 0.1) is 11.6 Å². The molecule has 0 aliphatic carbocycles. The molecular weight excluding hydrogens is 340 g/mol. The monoisotopic (exact) mass is 357 g/mol. The fraction of sp³-hybridized carbons (Fsp3) is 0.250. The first kappa shape index (κ1) is 18.3. The lowest BCUT2D eigenvalue weighted by Gasteiger charge is -2.17. The number of halogens is 2. The van der Waals surface area contributed by atoms with Crippen LogP contribution in [-0.4, -0.2) is 29.2 Å². The second-order valence-corrected chi connectivity index (χ2v) is 6.66. The van der Waals surface area contributed by atoms with Gasteiger partial charge in [-0.05, 0) is 35.9 Å². The van der Waals surface area contributed by atoms with Crippen LogP contribution < -0.4 is 9.46 Å². The molecule has 0 aliphatic heterocycles. The van der Waals surface area contributed by atoms with E-state index in [0.29, 0.717) is 5.56 Å². The first-order valence-electron chi connectivity index (χ1n) is 6.99. The lowest BCUT2D eigenvalue weighted by molar-refractivity contribution is 0.107. The minimum atomic E-state index is -4.04. The van der Waals surface area contributed by atoms with Gasteiger partial charge in [-0.3, -0.25) is 0 Å². The molecule has 2 aromatic carbocycles. The van der Waals surface area contributed by atoms with E-state index in [-0.39, 0.29) is 17.2 Å². The molecule has 0 bridgehead atoms.